The topological polar surface area (TPSA) is 88.9 Å². The molecule has 2 N–H and O–H groups in total. The van der Waals surface area contributed by atoms with Crippen LogP contribution in [0.25, 0.3) is 0 Å². The van der Waals surface area contributed by atoms with Crippen LogP contribution in [-0.2, 0) is 11.3 Å². The van der Waals surface area contributed by atoms with E-state index in [0.717, 1.165) is 5.56 Å². The van der Waals surface area contributed by atoms with E-state index in [0.29, 0.717) is 27.1 Å². The van der Waals surface area contributed by atoms with Gasteiger partial charge in [0, 0.05) is 0 Å². The van der Waals surface area contributed by atoms with E-state index in [4.69, 9.17) is 23.2 Å². The van der Waals surface area contributed by atoms with Gasteiger partial charge in [0.15, 0.2) is 5.69 Å². The van der Waals surface area contributed by atoms with Crippen molar-refractivity contribution in [3.63, 3.8) is 0 Å². The lowest BCUT2D eigenvalue weighted by Gasteiger charge is -2.08. The molecule has 0 saturated carbocycles. The fourth-order valence-electron chi connectivity index (χ4n) is 2.51. The molecular weight excluding hydrogens is 401 g/mol. The van der Waals surface area contributed by atoms with Crippen molar-refractivity contribution in [2.24, 2.45) is 0 Å². The number of carbonyl (C=O) groups excluding carboxylic acids is 2. The molecule has 0 fully saturated rings. The lowest BCUT2D eigenvalue weighted by atomic mass is 10.2. The summed E-state index contributed by atoms with van der Waals surface area (Å²) in [5, 5.41) is 14.0. The van der Waals surface area contributed by atoms with Crippen LogP contribution in [0.2, 0.25) is 10.0 Å². The highest BCUT2D eigenvalue weighted by Crippen LogP contribution is 2.23. The molecule has 144 valence electrons. The summed E-state index contributed by atoms with van der Waals surface area (Å²) in [5.41, 5.74) is 2.52. The molecule has 9 heteroatoms. The average Bonchev–Trinajstić information content (AvgIpc) is 3.00. The molecule has 7 nitrogen and oxygen atoms in total. The summed E-state index contributed by atoms with van der Waals surface area (Å²) >= 11 is 12.2. The van der Waals surface area contributed by atoms with Gasteiger partial charge in [-0.2, -0.15) is 0 Å². The number of aryl methyl sites for hydroxylation is 1. The average molecular weight is 418 g/mol. The van der Waals surface area contributed by atoms with E-state index in [1.807, 2.05) is 13.0 Å². The number of benzene rings is 2. The molecule has 0 spiro atoms. The first-order chi connectivity index (χ1) is 13.3. The highest BCUT2D eigenvalue weighted by Gasteiger charge is 2.19. The third-order valence-corrected chi connectivity index (χ3v) is 4.65. The van der Waals surface area contributed by atoms with Crippen molar-refractivity contribution < 1.29 is 9.59 Å². The number of halogens is 2. The monoisotopic (exact) mass is 417 g/mol. The van der Waals surface area contributed by atoms with E-state index >= 15 is 0 Å². The number of aromatic nitrogens is 3. The lowest BCUT2D eigenvalue weighted by Crippen LogP contribution is -2.21. The Hall–Kier alpha value is -2.90. The van der Waals surface area contributed by atoms with Crippen molar-refractivity contribution in [2.75, 3.05) is 10.6 Å². The van der Waals surface area contributed by atoms with Crippen molar-refractivity contribution in [1.82, 2.24) is 15.0 Å². The Morgan fingerprint density at radius 3 is 2.43 bits per heavy atom. The number of hydrogen-bond donors (Lipinski definition) is 2. The Balaban J connectivity index is 1.70. The number of hydrogen-bond acceptors (Lipinski definition) is 4. The maximum absolute atomic E-state index is 12.5. The lowest BCUT2D eigenvalue weighted by molar-refractivity contribution is -0.117. The van der Waals surface area contributed by atoms with Crippen molar-refractivity contribution >= 4 is 46.4 Å². The van der Waals surface area contributed by atoms with Crippen LogP contribution in [0.4, 0.5) is 11.4 Å². The molecule has 0 unspecified atom stereocenters. The Kier molecular flexibility index (Phi) is 5.96. The van der Waals surface area contributed by atoms with Gasteiger partial charge in [0.05, 0.1) is 27.1 Å². The van der Waals surface area contributed by atoms with Crippen LogP contribution in [0.1, 0.15) is 21.7 Å². The second-order valence-electron chi connectivity index (χ2n) is 6.15. The molecule has 0 bridgehead atoms. The van der Waals surface area contributed by atoms with Gasteiger partial charge < -0.3 is 10.6 Å². The smallest absolute Gasteiger partial charge is 0.278 e. The largest absolute Gasteiger partial charge is 0.323 e. The van der Waals surface area contributed by atoms with Gasteiger partial charge >= 0.3 is 0 Å². The van der Waals surface area contributed by atoms with Gasteiger partial charge in [-0.25, -0.2) is 4.68 Å². The first kappa shape index (κ1) is 19.9. The summed E-state index contributed by atoms with van der Waals surface area (Å²) in [7, 11) is 0. The van der Waals surface area contributed by atoms with Gasteiger partial charge in [-0.1, -0.05) is 46.6 Å². The van der Waals surface area contributed by atoms with Crippen LogP contribution in [-0.4, -0.2) is 26.8 Å². The summed E-state index contributed by atoms with van der Waals surface area (Å²) in [6.07, 6.45) is 0. The number of para-hydroxylation sites is 1. The van der Waals surface area contributed by atoms with Crippen LogP contribution in [0.15, 0.2) is 42.5 Å². The predicted octanol–water partition coefficient (Wildman–Crippen LogP) is 4.09. The third-order valence-electron chi connectivity index (χ3n) is 4.01. The van der Waals surface area contributed by atoms with Crippen molar-refractivity contribution in [3.05, 3.63) is 69.5 Å². The molecule has 1 heterocycles. The van der Waals surface area contributed by atoms with E-state index in [9.17, 15) is 9.59 Å². The molecule has 2 aromatic carbocycles. The van der Waals surface area contributed by atoms with Crippen LogP contribution in [0.3, 0.4) is 0 Å². The highest BCUT2D eigenvalue weighted by atomic mass is 35.5. The minimum atomic E-state index is -0.457. The number of rotatable bonds is 5. The number of nitrogens with zero attached hydrogens (tertiary/aromatic N) is 3. The van der Waals surface area contributed by atoms with Crippen LogP contribution in [0, 0.1) is 13.8 Å². The molecule has 0 aliphatic rings. The fourth-order valence-corrected chi connectivity index (χ4v) is 2.98. The zero-order chi connectivity index (χ0) is 20.3. The number of carbonyl (C=O) groups is 2. The molecule has 0 aliphatic heterocycles. The molecule has 28 heavy (non-hydrogen) atoms. The van der Waals surface area contributed by atoms with Gasteiger partial charge in [-0.3, -0.25) is 9.59 Å². The second-order valence-corrected chi connectivity index (χ2v) is 6.96. The van der Waals surface area contributed by atoms with Gasteiger partial charge in [0.2, 0.25) is 5.91 Å². The Bertz CT molecular complexity index is 1050. The number of nitrogens with one attached hydrogen (secondary N) is 2. The van der Waals surface area contributed by atoms with E-state index in [1.165, 1.54) is 4.68 Å². The second kappa shape index (κ2) is 8.41. The van der Waals surface area contributed by atoms with Crippen molar-refractivity contribution in [1.29, 1.82) is 0 Å². The first-order valence-electron chi connectivity index (χ1n) is 8.37. The Morgan fingerprint density at radius 1 is 1.00 bits per heavy atom. The normalized spacial score (nSPS) is 10.6. The maximum atomic E-state index is 12.5. The summed E-state index contributed by atoms with van der Waals surface area (Å²) in [6, 6.07) is 12.2. The van der Waals surface area contributed by atoms with Crippen LogP contribution >= 0.6 is 23.2 Å². The molecular formula is C19H17Cl2N5O2. The first-order valence-corrected chi connectivity index (χ1v) is 9.12. The minimum Gasteiger partial charge on any atom is -0.323 e. The molecule has 3 aromatic rings. The van der Waals surface area contributed by atoms with Gasteiger partial charge in [0.1, 0.15) is 6.54 Å². The maximum Gasteiger partial charge on any atom is 0.278 e. The van der Waals surface area contributed by atoms with Gasteiger partial charge in [-0.05, 0) is 43.7 Å². The fraction of sp³-hybridized carbons (Fsp3) is 0.158. The Morgan fingerprint density at radius 2 is 1.71 bits per heavy atom. The molecule has 3 rings (SSSR count). The molecule has 0 aliphatic carbocycles. The van der Waals surface area contributed by atoms with E-state index in [2.05, 4.69) is 20.9 Å². The van der Waals surface area contributed by atoms with Crippen LogP contribution < -0.4 is 10.6 Å². The minimum absolute atomic E-state index is 0.109. The number of amides is 2. The third kappa shape index (κ3) is 4.49. The standard InChI is InChI=1S/C19H17Cl2N5O2/c1-11-7-8-16(14(21)9-11)23-19(28)18-12(2)26(25-24-18)10-17(27)22-15-6-4-3-5-13(15)20/h3-9H,10H2,1-2H3,(H,22,27)(H,23,28). The summed E-state index contributed by atoms with van der Waals surface area (Å²) < 4.78 is 1.35. The molecule has 2 amide bonds. The zero-order valence-electron chi connectivity index (χ0n) is 15.2. The zero-order valence-corrected chi connectivity index (χ0v) is 16.7. The van der Waals surface area contributed by atoms with E-state index in [-0.39, 0.29) is 18.1 Å². The quantitative estimate of drug-likeness (QED) is 0.653. The van der Waals surface area contributed by atoms with Crippen molar-refractivity contribution in [2.45, 2.75) is 20.4 Å². The molecule has 0 atom stereocenters. The van der Waals surface area contributed by atoms with Crippen molar-refractivity contribution in [3.8, 4) is 0 Å². The van der Waals surface area contributed by atoms with Crippen LogP contribution in [0.5, 0.6) is 0 Å². The van der Waals surface area contributed by atoms with E-state index in [1.54, 1.807) is 43.3 Å². The van der Waals surface area contributed by atoms with Gasteiger partial charge in [-0.15, -0.1) is 5.10 Å². The SMILES string of the molecule is Cc1ccc(NC(=O)c2nnn(CC(=O)Nc3ccccc3Cl)c2C)c(Cl)c1. The predicted molar refractivity (Wildman–Crippen MR) is 109 cm³/mol. The van der Waals surface area contributed by atoms with E-state index < -0.39 is 5.91 Å². The summed E-state index contributed by atoms with van der Waals surface area (Å²) in [6.45, 7) is 3.46. The highest BCUT2D eigenvalue weighted by molar-refractivity contribution is 6.34. The molecule has 1 aromatic heterocycles. The molecule has 0 radical (unpaired) electrons. The number of anilines is 2. The summed E-state index contributed by atoms with van der Waals surface area (Å²) in [5.74, 6) is -0.796. The summed E-state index contributed by atoms with van der Waals surface area (Å²) in [4.78, 5) is 24.8. The molecule has 0 saturated heterocycles. The van der Waals surface area contributed by atoms with Gasteiger partial charge in [0.25, 0.3) is 5.91 Å². The Labute approximate surface area is 171 Å².